The average molecular weight is 313 g/mol. The molecule has 0 spiro atoms. The number of esters is 1. The lowest BCUT2D eigenvalue weighted by Crippen LogP contribution is -2.04. The molecule has 4 aromatic rings. The highest BCUT2D eigenvalue weighted by atomic mass is 16.5. The maximum absolute atomic E-state index is 11.7. The highest BCUT2D eigenvalue weighted by Gasteiger charge is 2.18. The first-order valence-electron chi connectivity index (χ1n) is 7.79. The normalized spacial score (nSPS) is 10.9. The van der Waals surface area contributed by atoms with Gasteiger partial charge in [-0.3, -0.25) is 9.78 Å². The van der Waals surface area contributed by atoms with E-state index in [1.54, 1.807) is 6.20 Å². The molecule has 24 heavy (non-hydrogen) atoms. The van der Waals surface area contributed by atoms with Crippen LogP contribution in [0, 0.1) is 0 Å². The van der Waals surface area contributed by atoms with Crippen molar-refractivity contribution >= 4 is 27.5 Å². The van der Waals surface area contributed by atoms with Gasteiger partial charge in [-0.15, -0.1) is 0 Å². The van der Waals surface area contributed by atoms with E-state index >= 15 is 0 Å². The van der Waals surface area contributed by atoms with E-state index in [4.69, 9.17) is 4.74 Å². The van der Waals surface area contributed by atoms with Crippen molar-refractivity contribution in [2.75, 3.05) is 0 Å². The summed E-state index contributed by atoms with van der Waals surface area (Å²) in [6.45, 7) is 1.42. The van der Waals surface area contributed by atoms with Gasteiger partial charge in [-0.1, -0.05) is 54.6 Å². The molecule has 3 heteroatoms. The minimum absolute atomic E-state index is 0.340. The quantitative estimate of drug-likeness (QED) is 0.297. The maximum atomic E-state index is 11.7. The fourth-order valence-electron chi connectivity index (χ4n) is 3.12. The van der Waals surface area contributed by atoms with Crippen LogP contribution in [0.5, 0.6) is 5.75 Å². The van der Waals surface area contributed by atoms with Gasteiger partial charge in [-0.2, -0.15) is 0 Å². The minimum atomic E-state index is -0.340. The zero-order valence-electron chi connectivity index (χ0n) is 13.2. The molecule has 0 fully saturated rings. The fraction of sp³-hybridized carbons (Fsp3) is 0.0476. The van der Waals surface area contributed by atoms with Crippen LogP contribution in [0.2, 0.25) is 0 Å². The lowest BCUT2D eigenvalue weighted by molar-refractivity contribution is -0.131. The van der Waals surface area contributed by atoms with Crippen LogP contribution < -0.4 is 4.74 Å². The third kappa shape index (κ3) is 2.31. The summed E-state index contributed by atoms with van der Waals surface area (Å²) in [5, 5.41) is 4.10. The molecule has 0 saturated carbocycles. The molecule has 0 radical (unpaired) electrons. The van der Waals surface area contributed by atoms with Gasteiger partial charge in [0.25, 0.3) is 0 Å². The van der Waals surface area contributed by atoms with Crippen molar-refractivity contribution in [3.8, 4) is 17.0 Å². The van der Waals surface area contributed by atoms with Crippen molar-refractivity contribution in [2.24, 2.45) is 0 Å². The first-order chi connectivity index (χ1) is 11.8. The first kappa shape index (κ1) is 14.4. The molecule has 4 rings (SSSR count). The number of fused-ring (bicyclic) bond motifs is 3. The van der Waals surface area contributed by atoms with E-state index in [1.165, 1.54) is 6.92 Å². The number of hydrogen-bond acceptors (Lipinski definition) is 3. The van der Waals surface area contributed by atoms with Gasteiger partial charge in [-0.25, -0.2) is 0 Å². The molecule has 116 valence electrons. The zero-order chi connectivity index (χ0) is 16.5. The van der Waals surface area contributed by atoms with E-state index in [2.05, 4.69) is 11.1 Å². The molecular formula is C21H15NO2. The van der Waals surface area contributed by atoms with Crippen LogP contribution in [-0.4, -0.2) is 11.0 Å². The highest BCUT2D eigenvalue weighted by molar-refractivity contribution is 6.17. The van der Waals surface area contributed by atoms with Crippen molar-refractivity contribution < 1.29 is 9.53 Å². The Bertz CT molecular complexity index is 1060. The van der Waals surface area contributed by atoms with E-state index in [-0.39, 0.29) is 5.97 Å². The molecule has 0 unspecified atom stereocenters. The summed E-state index contributed by atoms with van der Waals surface area (Å²) in [4.78, 5) is 16.2. The summed E-state index contributed by atoms with van der Waals surface area (Å²) in [5.41, 5.74) is 1.64. The average Bonchev–Trinajstić information content (AvgIpc) is 2.62. The number of nitrogens with zero attached hydrogens (tertiary/aromatic N) is 1. The number of carbonyl (C=O) groups is 1. The van der Waals surface area contributed by atoms with Gasteiger partial charge in [0.15, 0.2) is 0 Å². The Labute approximate surface area is 139 Å². The molecule has 0 atom stereocenters. The van der Waals surface area contributed by atoms with Crippen LogP contribution in [-0.2, 0) is 4.79 Å². The van der Waals surface area contributed by atoms with Crippen molar-refractivity contribution in [3.05, 3.63) is 72.9 Å². The number of benzene rings is 3. The number of pyridine rings is 1. The summed E-state index contributed by atoms with van der Waals surface area (Å²) in [7, 11) is 0. The van der Waals surface area contributed by atoms with Crippen LogP contribution >= 0.6 is 0 Å². The lowest BCUT2D eigenvalue weighted by Gasteiger charge is -2.16. The molecule has 0 bridgehead atoms. The predicted octanol–water partition coefficient (Wildman–Crippen LogP) is 4.98. The molecule has 3 aromatic carbocycles. The minimum Gasteiger partial charge on any atom is -0.425 e. The fourth-order valence-corrected chi connectivity index (χ4v) is 3.12. The number of rotatable bonds is 2. The van der Waals surface area contributed by atoms with Crippen molar-refractivity contribution in [2.45, 2.75) is 6.92 Å². The number of aromatic nitrogens is 1. The molecule has 0 amide bonds. The molecule has 3 nitrogen and oxygen atoms in total. The summed E-state index contributed by atoms with van der Waals surface area (Å²) in [6.07, 6.45) is 1.75. The molecule has 0 aliphatic rings. The Morgan fingerprint density at radius 1 is 0.792 bits per heavy atom. The smallest absolute Gasteiger partial charge is 0.308 e. The molecular weight excluding hydrogens is 298 g/mol. The largest absolute Gasteiger partial charge is 0.425 e. The van der Waals surface area contributed by atoms with Gasteiger partial charge < -0.3 is 4.74 Å². The van der Waals surface area contributed by atoms with Gasteiger partial charge in [-0.05, 0) is 28.3 Å². The first-order valence-corrected chi connectivity index (χ1v) is 7.79. The Morgan fingerprint density at radius 2 is 1.38 bits per heavy atom. The topological polar surface area (TPSA) is 39.2 Å². The second-order valence-corrected chi connectivity index (χ2v) is 5.60. The maximum Gasteiger partial charge on any atom is 0.308 e. The van der Waals surface area contributed by atoms with Crippen LogP contribution in [0.25, 0.3) is 32.8 Å². The van der Waals surface area contributed by atoms with Crippen molar-refractivity contribution in [1.82, 2.24) is 4.98 Å². The monoisotopic (exact) mass is 313 g/mol. The van der Waals surface area contributed by atoms with E-state index in [1.807, 2.05) is 60.7 Å². The van der Waals surface area contributed by atoms with Gasteiger partial charge >= 0.3 is 5.97 Å². The van der Waals surface area contributed by atoms with Gasteiger partial charge in [0.2, 0.25) is 0 Å². The number of carbonyl (C=O) groups excluding carboxylic acids is 1. The Hall–Kier alpha value is -3.20. The molecule has 0 N–H and O–H groups in total. The van der Waals surface area contributed by atoms with Crippen LogP contribution in [0.4, 0.5) is 0 Å². The standard InChI is InChI=1S/C21H15NO2/c1-14(23)24-21-18-11-5-3-9-16(18)15-8-2-4-10-17(15)20(21)19-12-6-7-13-22-19/h2-13H,1H3. The van der Waals surface area contributed by atoms with Crippen LogP contribution in [0.15, 0.2) is 72.9 Å². The summed E-state index contributed by atoms with van der Waals surface area (Å²) in [5.74, 6) is 0.225. The number of ether oxygens (including phenoxy) is 1. The molecule has 1 aromatic heterocycles. The highest BCUT2D eigenvalue weighted by Crippen LogP contribution is 2.43. The van der Waals surface area contributed by atoms with Gasteiger partial charge in [0.05, 0.1) is 11.3 Å². The summed E-state index contributed by atoms with van der Waals surface area (Å²) in [6, 6.07) is 21.8. The summed E-state index contributed by atoms with van der Waals surface area (Å²) >= 11 is 0. The van der Waals surface area contributed by atoms with E-state index < -0.39 is 0 Å². The second-order valence-electron chi connectivity index (χ2n) is 5.60. The van der Waals surface area contributed by atoms with Crippen molar-refractivity contribution in [1.29, 1.82) is 0 Å². The number of hydrogen-bond donors (Lipinski definition) is 0. The van der Waals surface area contributed by atoms with Gasteiger partial charge in [0, 0.05) is 18.5 Å². The van der Waals surface area contributed by atoms with E-state index in [0.717, 1.165) is 32.8 Å². The third-order valence-electron chi connectivity index (χ3n) is 4.05. The zero-order valence-corrected chi connectivity index (χ0v) is 13.2. The van der Waals surface area contributed by atoms with Crippen LogP contribution in [0.1, 0.15) is 6.92 Å². The van der Waals surface area contributed by atoms with E-state index in [0.29, 0.717) is 5.75 Å². The predicted molar refractivity (Wildman–Crippen MR) is 96.0 cm³/mol. The molecule has 0 aliphatic carbocycles. The van der Waals surface area contributed by atoms with E-state index in [9.17, 15) is 4.79 Å². The second kappa shape index (κ2) is 5.78. The Kier molecular flexibility index (Phi) is 3.47. The van der Waals surface area contributed by atoms with Crippen molar-refractivity contribution in [3.63, 3.8) is 0 Å². The summed E-state index contributed by atoms with van der Waals surface area (Å²) < 4.78 is 5.64. The Balaban J connectivity index is 2.23. The molecule has 0 saturated heterocycles. The third-order valence-corrected chi connectivity index (χ3v) is 4.05. The van der Waals surface area contributed by atoms with Crippen LogP contribution in [0.3, 0.4) is 0 Å². The van der Waals surface area contributed by atoms with Gasteiger partial charge in [0.1, 0.15) is 5.75 Å². The molecule has 0 aliphatic heterocycles. The lowest BCUT2D eigenvalue weighted by atomic mass is 9.94. The molecule has 1 heterocycles. The Morgan fingerprint density at radius 3 is 2.00 bits per heavy atom. The SMILES string of the molecule is CC(=O)Oc1c(-c2ccccn2)c2ccccc2c2ccccc12.